The van der Waals surface area contributed by atoms with Gasteiger partial charge in [-0.2, -0.15) is 0 Å². The number of Topliss-reactive ketones (excluding diaryl/α,β-unsaturated/α-hetero) is 1. The summed E-state index contributed by atoms with van der Waals surface area (Å²) in [6, 6.07) is 10.2. The summed E-state index contributed by atoms with van der Waals surface area (Å²) in [5.74, 6) is -0.0654. The highest BCUT2D eigenvalue weighted by Crippen LogP contribution is 2.25. The molecule has 2 N–H and O–H groups in total. The number of ether oxygens (including phenoxy) is 2. The smallest absolute Gasteiger partial charge is 0.189 e. The van der Waals surface area contributed by atoms with Gasteiger partial charge in [0.15, 0.2) is 11.6 Å². The van der Waals surface area contributed by atoms with Gasteiger partial charge in [0, 0.05) is 74.6 Å². The van der Waals surface area contributed by atoms with Crippen molar-refractivity contribution in [1.29, 1.82) is 0 Å². The maximum Gasteiger partial charge on any atom is 0.189 e. The molecule has 3 aromatic rings. The van der Waals surface area contributed by atoms with Crippen LogP contribution in [0.3, 0.4) is 0 Å². The fraction of sp³-hybridized carbons (Fsp3) is 0.385. The molecule has 1 aromatic carbocycles. The molecular weight excluding hydrogens is 444 g/mol. The summed E-state index contributed by atoms with van der Waals surface area (Å²) >= 11 is 0. The largest absolute Gasteiger partial charge is 0.383 e. The van der Waals surface area contributed by atoms with Crippen LogP contribution in [0.2, 0.25) is 0 Å². The Labute approximate surface area is 205 Å². The van der Waals surface area contributed by atoms with Crippen LogP contribution in [-0.2, 0) is 15.9 Å². The Hall–Kier alpha value is -3.56. The first kappa shape index (κ1) is 24.6. The number of likely N-dealkylation sites (N-methyl/N-ethyl adjacent to an activating group) is 1. The van der Waals surface area contributed by atoms with Crippen LogP contribution >= 0.6 is 0 Å². The van der Waals surface area contributed by atoms with E-state index in [2.05, 4.69) is 31.7 Å². The van der Waals surface area contributed by atoms with E-state index >= 15 is 0 Å². The predicted molar refractivity (Wildman–Crippen MR) is 137 cm³/mol. The molecule has 1 atom stereocenters. The number of nitrogens with two attached hydrogens (primary N) is 1. The van der Waals surface area contributed by atoms with Crippen LogP contribution in [0.1, 0.15) is 23.0 Å². The maximum absolute atomic E-state index is 13.3. The summed E-state index contributed by atoms with van der Waals surface area (Å²) in [6.45, 7) is 5.62. The summed E-state index contributed by atoms with van der Waals surface area (Å²) in [7, 11) is 3.73. The number of nitrogens with zero attached hydrogens (tertiary/aromatic N) is 5. The molecule has 2 aromatic heterocycles. The van der Waals surface area contributed by atoms with E-state index in [1.807, 2.05) is 37.4 Å². The molecule has 0 radical (unpaired) electrons. The van der Waals surface area contributed by atoms with Crippen LogP contribution in [0.25, 0.3) is 11.3 Å². The third-order valence-corrected chi connectivity index (χ3v) is 6.28. The van der Waals surface area contributed by atoms with Crippen molar-refractivity contribution < 1.29 is 14.3 Å². The highest BCUT2D eigenvalue weighted by molar-refractivity contribution is 6.00. The molecule has 0 unspecified atom stereocenters. The summed E-state index contributed by atoms with van der Waals surface area (Å²) in [5, 5.41) is 0. The summed E-state index contributed by atoms with van der Waals surface area (Å²) in [5.41, 5.74) is 10.6. The van der Waals surface area contributed by atoms with E-state index in [1.165, 1.54) is 0 Å². The quantitative estimate of drug-likeness (QED) is 0.467. The summed E-state index contributed by atoms with van der Waals surface area (Å²) < 4.78 is 10.7. The number of aromatic nitrogens is 3. The van der Waals surface area contributed by atoms with E-state index in [4.69, 9.17) is 15.2 Å². The van der Waals surface area contributed by atoms with Crippen molar-refractivity contribution in [3.63, 3.8) is 0 Å². The molecule has 0 bridgehead atoms. The number of morpholine rings is 1. The number of rotatable bonds is 9. The normalized spacial score (nSPS) is 14.5. The van der Waals surface area contributed by atoms with Gasteiger partial charge in [-0.25, -0.2) is 9.97 Å². The third kappa shape index (κ3) is 5.75. The minimum Gasteiger partial charge on any atom is -0.383 e. The second-order valence-corrected chi connectivity index (χ2v) is 8.65. The van der Waals surface area contributed by atoms with E-state index in [-0.39, 0.29) is 29.8 Å². The number of carbonyl (C=O) groups is 1. The molecule has 1 aliphatic heterocycles. The Bertz CT molecular complexity index is 1150. The van der Waals surface area contributed by atoms with Crippen molar-refractivity contribution in [2.45, 2.75) is 19.4 Å². The second kappa shape index (κ2) is 11.2. The fourth-order valence-corrected chi connectivity index (χ4v) is 4.14. The number of benzene rings is 1. The van der Waals surface area contributed by atoms with Gasteiger partial charge in [0.25, 0.3) is 0 Å². The standard InChI is InChI=1S/C26H32N6O3/c1-18(17-34-3)31(2)21-6-4-19(5-7-21)22-16-29-26(27)25(30-22)24(33)14-20-15-28-9-8-23(20)32-10-12-35-13-11-32/h4-9,15-16,18H,10-14,17H2,1-3H3,(H2,27,29)/t18-/m0/s1. The first-order chi connectivity index (χ1) is 17.0. The molecule has 0 amide bonds. The van der Waals surface area contributed by atoms with Gasteiger partial charge in [0.2, 0.25) is 0 Å². The zero-order valence-corrected chi connectivity index (χ0v) is 20.5. The molecule has 1 aliphatic rings. The molecule has 0 spiro atoms. The highest BCUT2D eigenvalue weighted by Gasteiger charge is 2.20. The number of pyridine rings is 1. The van der Waals surface area contributed by atoms with Crippen molar-refractivity contribution in [2.75, 3.05) is 62.6 Å². The van der Waals surface area contributed by atoms with Crippen molar-refractivity contribution in [3.8, 4) is 11.3 Å². The third-order valence-electron chi connectivity index (χ3n) is 6.28. The predicted octanol–water partition coefficient (Wildman–Crippen LogP) is 2.85. The van der Waals surface area contributed by atoms with E-state index in [1.54, 1.807) is 25.7 Å². The Morgan fingerprint density at radius 2 is 1.94 bits per heavy atom. The van der Waals surface area contributed by atoms with Gasteiger partial charge in [-0.1, -0.05) is 12.1 Å². The molecule has 1 fully saturated rings. The lowest BCUT2D eigenvalue weighted by atomic mass is 10.1. The van der Waals surface area contributed by atoms with Gasteiger partial charge < -0.3 is 25.0 Å². The molecular formula is C26H32N6O3. The average Bonchev–Trinajstić information content (AvgIpc) is 2.89. The molecule has 3 heterocycles. The Morgan fingerprint density at radius 3 is 2.66 bits per heavy atom. The maximum atomic E-state index is 13.3. The lowest BCUT2D eigenvalue weighted by molar-refractivity contribution is 0.0988. The Kier molecular flexibility index (Phi) is 7.89. The Balaban J connectivity index is 1.54. The minimum atomic E-state index is -0.191. The SMILES string of the molecule is COC[C@H](C)N(C)c1ccc(-c2cnc(N)c(C(=O)Cc3cnccc3N3CCOCC3)n2)cc1. The van der Waals surface area contributed by atoms with Crippen LogP contribution < -0.4 is 15.5 Å². The molecule has 4 rings (SSSR count). The lowest BCUT2D eigenvalue weighted by Gasteiger charge is -2.30. The minimum absolute atomic E-state index is 0.125. The van der Waals surface area contributed by atoms with Crippen LogP contribution in [0, 0.1) is 0 Å². The van der Waals surface area contributed by atoms with Gasteiger partial charge >= 0.3 is 0 Å². The van der Waals surface area contributed by atoms with E-state index in [0.29, 0.717) is 25.5 Å². The molecule has 0 aliphatic carbocycles. The highest BCUT2D eigenvalue weighted by atomic mass is 16.5. The number of ketones is 1. The Morgan fingerprint density at radius 1 is 1.20 bits per heavy atom. The van der Waals surface area contributed by atoms with Crippen molar-refractivity contribution in [1.82, 2.24) is 15.0 Å². The fourth-order valence-electron chi connectivity index (χ4n) is 4.14. The monoisotopic (exact) mass is 476 g/mol. The van der Waals surface area contributed by atoms with Gasteiger partial charge in [-0.3, -0.25) is 9.78 Å². The van der Waals surface area contributed by atoms with Gasteiger partial charge in [0.05, 0.1) is 31.7 Å². The average molecular weight is 477 g/mol. The second-order valence-electron chi connectivity index (χ2n) is 8.65. The van der Waals surface area contributed by atoms with E-state index in [9.17, 15) is 4.79 Å². The van der Waals surface area contributed by atoms with Crippen molar-refractivity contribution >= 4 is 23.0 Å². The van der Waals surface area contributed by atoms with Crippen LogP contribution in [0.5, 0.6) is 0 Å². The van der Waals surface area contributed by atoms with Gasteiger partial charge in [0.1, 0.15) is 5.69 Å². The number of hydrogen-bond acceptors (Lipinski definition) is 9. The lowest BCUT2D eigenvalue weighted by Crippen LogP contribution is -2.37. The molecule has 1 saturated heterocycles. The van der Waals surface area contributed by atoms with Gasteiger partial charge in [-0.15, -0.1) is 0 Å². The van der Waals surface area contributed by atoms with Gasteiger partial charge in [-0.05, 0) is 25.1 Å². The van der Waals surface area contributed by atoms with Crippen molar-refractivity contribution in [2.24, 2.45) is 0 Å². The number of methoxy groups -OCH3 is 1. The molecule has 0 saturated carbocycles. The number of hydrogen-bond donors (Lipinski definition) is 1. The topological polar surface area (TPSA) is 107 Å². The van der Waals surface area contributed by atoms with Crippen LogP contribution in [0.15, 0.2) is 48.9 Å². The van der Waals surface area contributed by atoms with E-state index < -0.39 is 0 Å². The first-order valence-corrected chi connectivity index (χ1v) is 11.7. The first-order valence-electron chi connectivity index (χ1n) is 11.7. The van der Waals surface area contributed by atoms with Crippen LogP contribution in [-0.4, -0.2) is 73.8 Å². The molecule has 9 nitrogen and oxygen atoms in total. The van der Waals surface area contributed by atoms with Crippen molar-refractivity contribution in [3.05, 3.63) is 60.2 Å². The number of anilines is 3. The zero-order chi connectivity index (χ0) is 24.8. The number of carbonyl (C=O) groups excluding carboxylic acids is 1. The van der Waals surface area contributed by atoms with E-state index in [0.717, 1.165) is 35.6 Å². The zero-order valence-electron chi connectivity index (χ0n) is 20.5. The number of nitrogen functional groups attached to an aromatic ring is 1. The molecule has 9 heteroatoms. The van der Waals surface area contributed by atoms with Crippen LogP contribution in [0.4, 0.5) is 17.2 Å². The molecule has 35 heavy (non-hydrogen) atoms. The summed E-state index contributed by atoms with van der Waals surface area (Å²) in [6.07, 6.45) is 5.21. The molecule has 184 valence electrons. The summed E-state index contributed by atoms with van der Waals surface area (Å²) in [4.78, 5) is 30.7.